The zero-order valence-electron chi connectivity index (χ0n) is 8.04. The third-order valence-electron chi connectivity index (χ3n) is 2.28. The summed E-state index contributed by atoms with van der Waals surface area (Å²) in [6.07, 6.45) is 5.80. The Morgan fingerprint density at radius 1 is 1.36 bits per heavy atom. The molecule has 0 aliphatic carbocycles. The molecular formula is C12H14FN. The van der Waals surface area contributed by atoms with Crippen molar-refractivity contribution in [3.05, 3.63) is 35.9 Å². The number of nitrogens with two attached hydrogens (primary N) is 1. The highest BCUT2D eigenvalue weighted by Gasteiger charge is 2.29. The maximum absolute atomic E-state index is 14.2. The Bertz CT molecular complexity index is 315. The smallest absolute Gasteiger partial charge is 0.149 e. The molecule has 0 radical (unpaired) electrons. The van der Waals surface area contributed by atoms with E-state index in [2.05, 4.69) is 5.92 Å². The van der Waals surface area contributed by atoms with Crippen LogP contribution >= 0.6 is 0 Å². The van der Waals surface area contributed by atoms with Gasteiger partial charge in [0.1, 0.15) is 5.67 Å². The standard InChI is InChI=1S/C12H14FN/c1-2-3-9-12(13,10-14)11-7-5-4-6-8-11/h1,4-8H,3,9-10,14H2. The zero-order valence-corrected chi connectivity index (χ0v) is 8.04. The van der Waals surface area contributed by atoms with Crippen molar-refractivity contribution in [2.75, 3.05) is 6.54 Å². The molecule has 0 aliphatic rings. The fourth-order valence-electron chi connectivity index (χ4n) is 1.37. The highest BCUT2D eigenvalue weighted by atomic mass is 19.1. The Labute approximate surface area is 84.1 Å². The average molecular weight is 191 g/mol. The molecule has 14 heavy (non-hydrogen) atoms. The molecule has 0 spiro atoms. The second kappa shape index (κ2) is 4.78. The number of alkyl halides is 1. The summed E-state index contributed by atoms with van der Waals surface area (Å²) in [5.41, 5.74) is 4.57. The third-order valence-corrected chi connectivity index (χ3v) is 2.28. The van der Waals surface area contributed by atoms with E-state index in [1.807, 2.05) is 6.07 Å². The van der Waals surface area contributed by atoms with Crippen LogP contribution in [0.15, 0.2) is 30.3 Å². The van der Waals surface area contributed by atoms with Crippen molar-refractivity contribution in [1.82, 2.24) is 0 Å². The summed E-state index contributed by atoms with van der Waals surface area (Å²) in [4.78, 5) is 0. The lowest BCUT2D eigenvalue weighted by atomic mass is 9.91. The Morgan fingerprint density at radius 2 is 2.00 bits per heavy atom. The Balaban J connectivity index is 2.85. The van der Waals surface area contributed by atoms with Gasteiger partial charge in [0.25, 0.3) is 0 Å². The summed E-state index contributed by atoms with van der Waals surface area (Å²) in [5.74, 6) is 2.43. The maximum atomic E-state index is 14.2. The molecule has 0 amide bonds. The van der Waals surface area contributed by atoms with Crippen LogP contribution in [0.5, 0.6) is 0 Å². The van der Waals surface area contributed by atoms with Crippen molar-refractivity contribution in [3.8, 4) is 12.3 Å². The largest absolute Gasteiger partial charge is 0.327 e. The highest BCUT2D eigenvalue weighted by Crippen LogP contribution is 2.29. The first-order valence-electron chi connectivity index (χ1n) is 4.61. The van der Waals surface area contributed by atoms with Crippen LogP contribution in [0.1, 0.15) is 18.4 Å². The Kier molecular flexibility index (Phi) is 3.67. The molecule has 0 aliphatic heterocycles. The predicted octanol–water partition coefficient (Wildman–Crippen LogP) is 2.22. The van der Waals surface area contributed by atoms with Crippen molar-refractivity contribution in [2.24, 2.45) is 5.73 Å². The fourth-order valence-corrected chi connectivity index (χ4v) is 1.37. The second-order valence-corrected chi connectivity index (χ2v) is 3.24. The minimum atomic E-state index is -1.48. The lowest BCUT2D eigenvalue weighted by molar-refractivity contribution is 0.163. The topological polar surface area (TPSA) is 26.0 Å². The molecule has 0 fully saturated rings. The molecule has 1 aromatic rings. The molecule has 2 N–H and O–H groups in total. The number of benzene rings is 1. The van der Waals surface area contributed by atoms with Gasteiger partial charge in [-0.05, 0) is 12.0 Å². The SMILES string of the molecule is C#CCCC(F)(CN)c1ccccc1. The van der Waals surface area contributed by atoms with Gasteiger partial charge in [0.2, 0.25) is 0 Å². The monoisotopic (exact) mass is 191 g/mol. The summed E-state index contributed by atoms with van der Waals surface area (Å²) in [6.45, 7) is -0.0291. The molecule has 74 valence electrons. The third kappa shape index (κ3) is 2.34. The Hall–Kier alpha value is -1.33. The van der Waals surface area contributed by atoms with Crippen LogP contribution in [-0.4, -0.2) is 6.54 Å². The molecule has 0 heterocycles. The fraction of sp³-hybridized carbons (Fsp3) is 0.333. The predicted molar refractivity (Wildman–Crippen MR) is 56.3 cm³/mol. The first kappa shape index (κ1) is 10.7. The van der Waals surface area contributed by atoms with Gasteiger partial charge in [-0.25, -0.2) is 4.39 Å². The molecule has 0 saturated carbocycles. The van der Waals surface area contributed by atoms with Crippen LogP contribution in [0.4, 0.5) is 4.39 Å². The summed E-state index contributed by atoms with van der Waals surface area (Å²) >= 11 is 0. The Morgan fingerprint density at radius 3 is 2.50 bits per heavy atom. The maximum Gasteiger partial charge on any atom is 0.149 e. The van der Waals surface area contributed by atoms with Gasteiger partial charge >= 0.3 is 0 Å². The van der Waals surface area contributed by atoms with Crippen LogP contribution in [0, 0.1) is 12.3 Å². The molecule has 2 heteroatoms. The van der Waals surface area contributed by atoms with Gasteiger partial charge in [-0.2, -0.15) is 0 Å². The van der Waals surface area contributed by atoms with Crippen molar-refractivity contribution >= 4 is 0 Å². The van der Waals surface area contributed by atoms with E-state index in [1.165, 1.54) is 0 Å². The minimum Gasteiger partial charge on any atom is -0.327 e. The van der Waals surface area contributed by atoms with Gasteiger partial charge in [-0.3, -0.25) is 0 Å². The van der Waals surface area contributed by atoms with Crippen LogP contribution in [-0.2, 0) is 5.67 Å². The summed E-state index contributed by atoms with van der Waals surface area (Å²) in [5, 5.41) is 0. The first-order valence-corrected chi connectivity index (χ1v) is 4.61. The van der Waals surface area contributed by atoms with Gasteiger partial charge in [-0.15, -0.1) is 12.3 Å². The zero-order chi connectivity index (χ0) is 10.4. The summed E-state index contributed by atoms with van der Waals surface area (Å²) < 4.78 is 14.2. The first-order chi connectivity index (χ1) is 6.73. The molecule has 0 aromatic heterocycles. The molecule has 1 unspecified atom stereocenters. The summed E-state index contributed by atoms with van der Waals surface area (Å²) in [7, 11) is 0. The molecule has 1 nitrogen and oxygen atoms in total. The van der Waals surface area contributed by atoms with Crippen LogP contribution in [0.3, 0.4) is 0 Å². The number of halogens is 1. The van der Waals surface area contributed by atoms with E-state index in [-0.39, 0.29) is 13.0 Å². The molecule has 0 bridgehead atoms. The van der Waals surface area contributed by atoms with Crippen molar-refractivity contribution in [3.63, 3.8) is 0 Å². The van der Waals surface area contributed by atoms with Gasteiger partial charge in [0, 0.05) is 13.0 Å². The van der Waals surface area contributed by atoms with Gasteiger partial charge in [0.15, 0.2) is 0 Å². The minimum absolute atomic E-state index is 0.0291. The molecule has 0 saturated heterocycles. The van der Waals surface area contributed by atoms with E-state index in [0.717, 1.165) is 0 Å². The van der Waals surface area contributed by atoms with Crippen LogP contribution < -0.4 is 5.73 Å². The van der Waals surface area contributed by atoms with Crippen molar-refractivity contribution < 1.29 is 4.39 Å². The quantitative estimate of drug-likeness (QED) is 0.725. The second-order valence-electron chi connectivity index (χ2n) is 3.24. The lowest BCUT2D eigenvalue weighted by Crippen LogP contribution is -2.30. The van der Waals surface area contributed by atoms with Gasteiger partial charge in [-0.1, -0.05) is 30.3 Å². The van der Waals surface area contributed by atoms with Crippen LogP contribution in [0.25, 0.3) is 0 Å². The van der Waals surface area contributed by atoms with Crippen molar-refractivity contribution in [2.45, 2.75) is 18.5 Å². The average Bonchev–Trinajstić information content (AvgIpc) is 2.27. The van der Waals surface area contributed by atoms with E-state index in [9.17, 15) is 4.39 Å². The molecule has 1 aromatic carbocycles. The van der Waals surface area contributed by atoms with E-state index in [4.69, 9.17) is 12.2 Å². The van der Waals surface area contributed by atoms with E-state index in [1.54, 1.807) is 24.3 Å². The molecular weight excluding hydrogens is 177 g/mol. The highest BCUT2D eigenvalue weighted by molar-refractivity contribution is 5.23. The molecule has 1 atom stereocenters. The van der Waals surface area contributed by atoms with E-state index in [0.29, 0.717) is 12.0 Å². The number of rotatable bonds is 4. The molecule has 1 rings (SSSR count). The van der Waals surface area contributed by atoms with Crippen molar-refractivity contribution in [1.29, 1.82) is 0 Å². The van der Waals surface area contributed by atoms with Gasteiger partial charge < -0.3 is 5.73 Å². The normalized spacial score (nSPS) is 14.4. The number of hydrogen-bond acceptors (Lipinski definition) is 1. The van der Waals surface area contributed by atoms with E-state index < -0.39 is 5.67 Å². The number of terminal acetylenes is 1. The summed E-state index contributed by atoms with van der Waals surface area (Å²) in [6, 6.07) is 8.93. The van der Waals surface area contributed by atoms with E-state index >= 15 is 0 Å². The lowest BCUT2D eigenvalue weighted by Gasteiger charge is -2.23. The van der Waals surface area contributed by atoms with Crippen LogP contribution in [0.2, 0.25) is 0 Å². The van der Waals surface area contributed by atoms with Gasteiger partial charge in [0.05, 0.1) is 0 Å². The number of hydrogen-bond donors (Lipinski definition) is 1.